The van der Waals surface area contributed by atoms with E-state index in [1.165, 1.54) is 0 Å². The van der Waals surface area contributed by atoms with Crippen molar-refractivity contribution in [3.05, 3.63) is 28.2 Å². The van der Waals surface area contributed by atoms with Crippen molar-refractivity contribution in [3.63, 3.8) is 0 Å². The van der Waals surface area contributed by atoms with Crippen LogP contribution in [0, 0.1) is 18.8 Å². The van der Waals surface area contributed by atoms with Crippen molar-refractivity contribution in [3.8, 4) is 0 Å². The highest BCUT2D eigenvalue weighted by Gasteiger charge is 2.55. The Balaban J connectivity index is 1.80. The van der Waals surface area contributed by atoms with Gasteiger partial charge in [-0.15, -0.1) is 0 Å². The first-order chi connectivity index (χ1) is 9.97. The topological polar surface area (TPSA) is 75.6 Å². The number of amides is 1. The number of hydrogen-bond acceptors (Lipinski definition) is 3. The predicted molar refractivity (Wildman–Crippen MR) is 80.0 cm³/mol. The Bertz CT molecular complexity index is 603. The zero-order valence-corrected chi connectivity index (χ0v) is 13.1. The molecule has 2 N–H and O–H groups in total. The highest BCUT2D eigenvalue weighted by molar-refractivity contribution is 9.10. The molecule has 1 amide bonds. The van der Waals surface area contributed by atoms with Crippen molar-refractivity contribution < 1.29 is 19.4 Å². The Morgan fingerprint density at radius 3 is 2.57 bits per heavy atom. The average Bonchev–Trinajstić information content (AvgIpc) is 3.02. The number of fused-ring (bicyclic) bond motifs is 2. The lowest BCUT2D eigenvalue weighted by molar-refractivity contribution is -0.147. The van der Waals surface area contributed by atoms with E-state index in [9.17, 15) is 14.7 Å². The first-order valence-electron chi connectivity index (χ1n) is 6.92. The summed E-state index contributed by atoms with van der Waals surface area (Å²) in [5, 5.41) is 12.2. The number of carboxylic acid groups (broad SMARTS) is 1. The second-order valence-corrected chi connectivity index (χ2v) is 6.51. The predicted octanol–water partition coefficient (Wildman–Crippen LogP) is 2.57. The third kappa shape index (κ3) is 2.58. The van der Waals surface area contributed by atoms with E-state index in [0.717, 1.165) is 22.9 Å². The number of aryl methyl sites for hydroxylation is 1. The maximum atomic E-state index is 12.5. The molecule has 2 aliphatic heterocycles. The molecule has 2 heterocycles. The van der Waals surface area contributed by atoms with Gasteiger partial charge in [-0.1, -0.05) is 6.07 Å². The van der Waals surface area contributed by atoms with Gasteiger partial charge in [0.15, 0.2) is 0 Å². The summed E-state index contributed by atoms with van der Waals surface area (Å²) in [6, 6.07) is 5.61. The van der Waals surface area contributed by atoms with Gasteiger partial charge in [0.1, 0.15) is 0 Å². The smallest absolute Gasteiger partial charge is 0.310 e. The quantitative estimate of drug-likeness (QED) is 0.875. The van der Waals surface area contributed by atoms with Gasteiger partial charge in [-0.2, -0.15) is 0 Å². The summed E-state index contributed by atoms with van der Waals surface area (Å²) in [4.78, 5) is 23.9. The Morgan fingerprint density at radius 1 is 1.29 bits per heavy atom. The molecule has 0 saturated carbocycles. The maximum absolute atomic E-state index is 12.5. The minimum atomic E-state index is -0.953. The molecule has 5 nitrogen and oxygen atoms in total. The Hall–Kier alpha value is -1.40. The zero-order chi connectivity index (χ0) is 15.1. The van der Waals surface area contributed by atoms with E-state index >= 15 is 0 Å². The lowest BCUT2D eigenvalue weighted by Crippen LogP contribution is -2.41. The largest absolute Gasteiger partial charge is 0.481 e. The van der Waals surface area contributed by atoms with Crippen LogP contribution >= 0.6 is 15.9 Å². The highest BCUT2D eigenvalue weighted by Crippen LogP contribution is 2.44. The average molecular weight is 354 g/mol. The number of hydrogen-bond donors (Lipinski definition) is 2. The van der Waals surface area contributed by atoms with E-state index in [2.05, 4.69) is 21.2 Å². The van der Waals surface area contributed by atoms with Crippen molar-refractivity contribution in [1.82, 2.24) is 0 Å². The molecule has 0 aromatic heterocycles. The number of halogens is 1. The SMILES string of the molecule is Cc1ccc(NC(=O)[C@H]2[C@H](C(=O)O)[C@H]3CC[C@H]2O3)c(Br)c1. The van der Waals surface area contributed by atoms with Crippen LogP contribution in [0.15, 0.2) is 22.7 Å². The maximum Gasteiger partial charge on any atom is 0.310 e. The summed E-state index contributed by atoms with van der Waals surface area (Å²) in [7, 11) is 0. The third-order valence-corrected chi connectivity index (χ3v) is 4.90. The molecule has 0 radical (unpaired) electrons. The van der Waals surface area contributed by atoms with Crippen molar-refractivity contribution in [2.24, 2.45) is 11.8 Å². The van der Waals surface area contributed by atoms with E-state index in [1.807, 2.05) is 19.1 Å². The van der Waals surface area contributed by atoms with Crippen LogP contribution in [0.2, 0.25) is 0 Å². The van der Waals surface area contributed by atoms with Gasteiger partial charge in [-0.25, -0.2) is 0 Å². The van der Waals surface area contributed by atoms with Crippen LogP contribution in [0.1, 0.15) is 18.4 Å². The molecule has 4 atom stereocenters. The minimum absolute atomic E-state index is 0.277. The Labute approximate surface area is 130 Å². The molecule has 0 aliphatic carbocycles. The molecule has 112 valence electrons. The van der Waals surface area contributed by atoms with Crippen LogP contribution in [-0.2, 0) is 14.3 Å². The number of aliphatic carboxylic acids is 1. The number of carbonyl (C=O) groups excluding carboxylic acids is 1. The van der Waals surface area contributed by atoms with Crippen molar-refractivity contribution in [2.75, 3.05) is 5.32 Å². The third-order valence-electron chi connectivity index (χ3n) is 4.24. The van der Waals surface area contributed by atoms with E-state index in [1.54, 1.807) is 6.07 Å². The lowest BCUT2D eigenvalue weighted by Gasteiger charge is -2.24. The van der Waals surface area contributed by atoms with Gasteiger partial charge in [-0.3, -0.25) is 9.59 Å². The molecule has 2 bridgehead atoms. The number of nitrogens with one attached hydrogen (secondary N) is 1. The summed E-state index contributed by atoms with van der Waals surface area (Å²) in [5.41, 5.74) is 1.73. The molecule has 3 rings (SSSR count). The normalized spacial score (nSPS) is 30.4. The van der Waals surface area contributed by atoms with Crippen molar-refractivity contribution in [1.29, 1.82) is 0 Å². The molecule has 6 heteroatoms. The van der Waals surface area contributed by atoms with Crippen LogP contribution in [0.25, 0.3) is 0 Å². The molecule has 2 saturated heterocycles. The van der Waals surface area contributed by atoms with Gasteiger partial charge in [0.2, 0.25) is 5.91 Å². The highest BCUT2D eigenvalue weighted by atomic mass is 79.9. The fraction of sp³-hybridized carbons (Fsp3) is 0.467. The first kappa shape index (κ1) is 14.5. The molecule has 0 unspecified atom stereocenters. The fourth-order valence-electron chi connectivity index (χ4n) is 3.26. The van der Waals surface area contributed by atoms with E-state index < -0.39 is 17.8 Å². The summed E-state index contributed by atoms with van der Waals surface area (Å²) in [6.45, 7) is 1.96. The van der Waals surface area contributed by atoms with Gasteiger partial charge in [0, 0.05) is 4.47 Å². The minimum Gasteiger partial charge on any atom is -0.481 e. The van der Waals surface area contributed by atoms with Crippen LogP contribution in [0.5, 0.6) is 0 Å². The van der Waals surface area contributed by atoms with Gasteiger partial charge >= 0.3 is 5.97 Å². The number of anilines is 1. The molecule has 1 aromatic rings. The number of ether oxygens (including phenoxy) is 1. The molecule has 21 heavy (non-hydrogen) atoms. The number of benzene rings is 1. The molecule has 2 aliphatic rings. The fourth-order valence-corrected chi connectivity index (χ4v) is 3.85. The molecule has 1 aromatic carbocycles. The van der Waals surface area contributed by atoms with Crippen molar-refractivity contribution >= 4 is 33.5 Å². The van der Waals surface area contributed by atoms with Gasteiger partial charge in [-0.05, 0) is 53.4 Å². The Morgan fingerprint density at radius 2 is 1.95 bits per heavy atom. The molecular weight excluding hydrogens is 338 g/mol. The monoisotopic (exact) mass is 353 g/mol. The second-order valence-electron chi connectivity index (χ2n) is 5.65. The molecule has 2 fully saturated rings. The number of carboxylic acids is 1. The molecule has 0 spiro atoms. The van der Waals surface area contributed by atoms with Crippen LogP contribution in [0.3, 0.4) is 0 Å². The van der Waals surface area contributed by atoms with E-state index in [-0.39, 0.29) is 18.1 Å². The molecular formula is C15H16BrNO4. The summed E-state index contributed by atoms with van der Waals surface area (Å²) in [5.74, 6) is -2.59. The number of rotatable bonds is 3. The number of carbonyl (C=O) groups is 2. The zero-order valence-electron chi connectivity index (χ0n) is 11.5. The van der Waals surface area contributed by atoms with Crippen LogP contribution in [-0.4, -0.2) is 29.2 Å². The summed E-state index contributed by atoms with van der Waals surface area (Å²) in [6.07, 6.45) is 0.867. The summed E-state index contributed by atoms with van der Waals surface area (Å²) < 4.78 is 6.40. The second kappa shape index (κ2) is 5.42. The van der Waals surface area contributed by atoms with E-state index in [0.29, 0.717) is 5.69 Å². The van der Waals surface area contributed by atoms with Gasteiger partial charge in [0.25, 0.3) is 0 Å². The Kier molecular flexibility index (Phi) is 3.75. The van der Waals surface area contributed by atoms with Crippen LogP contribution < -0.4 is 5.32 Å². The lowest BCUT2D eigenvalue weighted by atomic mass is 9.78. The van der Waals surface area contributed by atoms with Crippen molar-refractivity contribution in [2.45, 2.75) is 32.0 Å². The van der Waals surface area contributed by atoms with Gasteiger partial charge in [0.05, 0.1) is 29.7 Å². The van der Waals surface area contributed by atoms with E-state index in [4.69, 9.17) is 4.74 Å². The van der Waals surface area contributed by atoms with Gasteiger partial charge < -0.3 is 15.2 Å². The standard InChI is InChI=1S/C15H16BrNO4/c1-7-2-3-9(8(16)6-7)17-14(18)12-10-4-5-11(21-10)13(12)15(19)20/h2-3,6,10-13H,4-5H2,1H3,(H,17,18)(H,19,20)/t10-,11-,12-,13-/m1/s1. The summed E-state index contributed by atoms with van der Waals surface area (Å²) >= 11 is 3.41. The van der Waals surface area contributed by atoms with Crippen LogP contribution in [0.4, 0.5) is 5.69 Å². The first-order valence-corrected chi connectivity index (χ1v) is 7.72.